The molecule has 6 nitrogen and oxygen atoms in total. The highest BCUT2D eigenvalue weighted by Crippen LogP contribution is 2.53. The molecule has 6 heteroatoms. The molecule has 0 saturated carbocycles. The fourth-order valence-corrected chi connectivity index (χ4v) is 5.97. The van der Waals surface area contributed by atoms with E-state index in [2.05, 4.69) is 22.5 Å². The Bertz CT molecular complexity index is 1500. The van der Waals surface area contributed by atoms with Crippen molar-refractivity contribution in [2.24, 2.45) is 0 Å². The van der Waals surface area contributed by atoms with Crippen molar-refractivity contribution >= 4 is 32.8 Å². The summed E-state index contributed by atoms with van der Waals surface area (Å²) in [6.07, 6.45) is 3.86. The van der Waals surface area contributed by atoms with Crippen molar-refractivity contribution in [1.82, 2.24) is 19.8 Å². The van der Waals surface area contributed by atoms with Gasteiger partial charge < -0.3 is 14.6 Å². The van der Waals surface area contributed by atoms with Gasteiger partial charge in [-0.3, -0.25) is 10.1 Å². The van der Waals surface area contributed by atoms with Crippen LogP contribution in [0.25, 0.3) is 32.8 Å². The third kappa shape index (κ3) is 2.36. The Balaban J connectivity index is 1.77. The zero-order chi connectivity index (χ0) is 22.2. The number of pyridine rings is 2. The monoisotopic (exact) mass is 426 g/mol. The lowest BCUT2D eigenvalue weighted by atomic mass is 9.76. The molecule has 0 bridgehead atoms. The lowest BCUT2D eigenvalue weighted by Crippen LogP contribution is -2.32. The normalized spacial score (nSPS) is 21.8. The highest BCUT2D eigenvalue weighted by Gasteiger charge is 2.50. The average molecular weight is 427 g/mol. The van der Waals surface area contributed by atoms with Gasteiger partial charge >= 0.3 is 0 Å². The number of phenolic OH excluding ortho intramolecular Hbond substituents is 1. The maximum Gasteiger partial charge on any atom is 0.198 e. The number of aromatic hydroxyl groups is 1. The van der Waals surface area contributed by atoms with Gasteiger partial charge in [-0.1, -0.05) is 18.2 Å². The van der Waals surface area contributed by atoms with Crippen LogP contribution in [0.1, 0.15) is 30.1 Å². The minimum absolute atomic E-state index is 0.00428. The summed E-state index contributed by atoms with van der Waals surface area (Å²) < 4.78 is 2.25. The summed E-state index contributed by atoms with van der Waals surface area (Å²) in [5.41, 5.74) is 4.36. The van der Waals surface area contributed by atoms with E-state index < -0.39 is 0 Å². The van der Waals surface area contributed by atoms with Crippen LogP contribution in [0.2, 0.25) is 0 Å². The fraction of sp³-hybridized carbons (Fsp3) is 0.308. The Labute approximate surface area is 185 Å². The highest BCUT2D eigenvalue weighted by atomic mass is 16.3. The van der Waals surface area contributed by atoms with Crippen LogP contribution in [0.5, 0.6) is 5.75 Å². The summed E-state index contributed by atoms with van der Waals surface area (Å²) in [5, 5.41) is 16.4. The quantitative estimate of drug-likeness (QED) is 0.384. The molecule has 2 aliphatic heterocycles. The van der Waals surface area contributed by atoms with Gasteiger partial charge in [-0.05, 0) is 63.3 Å². The summed E-state index contributed by atoms with van der Waals surface area (Å²) >= 11 is 0. The number of hydrogen-bond acceptors (Lipinski definition) is 5. The molecule has 0 amide bonds. The SMILES string of the molecule is C=CC[C@@]12CCN[C@@H]1n1c3nc4ccc(O)c(CN(C)C)c4cc3c(=O)c3cccc2c31. The number of hydrogen-bond donors (Lipinski definition) is 2. The number of allylic oxidation sites excluding steroid dienone is 1. The molecular formula is C26H26N4O2. The Morgan fingerprint density at radius 2 is 2.12 bits per heavy atom. The van der Waals surface area contributed by atoms with Crippen LogP contribution in [0.3, 0.4) is 0 Å². The number of nitrogens with one attached hydrogen (secondary N) is 1. The van der Waals surface area contributed by atoms with Crippen molar-refractivity contribution in [1.29, 1.82) is 0 Å². The number of benzene rings is 2. The van der Waals surface area contributed by atoms with Crippen LogP contribution in [0, 0.1) is 0 Å². The van der Waals surface area contributed by atoms with Gasteiger partial charge in [0, 0.05) is 28.3 Å². The maximum absolute atomic E-state index is 13.7. The van der Waals surface area contributed by atoms with Gasteiger partial charge in [-0.2, -0.15) is 0 Å². The third-order valence-electron chi connectivity index (χ3n) is 7.27. The van der Waals surface area contributed by atoms with E-state index in [4.69, 9.17) is 4.98 Å². The predicted molar refractivity (Wildman–Crippen MR) is 128 cm³/mol. The molecule has 2 aromatic carbocycles. The molecule has 2 aromatic heterocycles. The second-order valence-corrected chi connectivity index (χ2v) is 9.38. The molecule has 2 atom stereocenters. The van der Waals surface area contributed by atoms with Crippen molar-refractivity contribution in [2.45, 2.75) is 31.0 Å². The topological polar surface area (TPSA) is 70.4 Å². The van der Waals surface area contributed by atoms with Crippen molar-refractivity contribution in [3.63, 3.8) is 0 Å². The molecule has 162 valence electrons. The van der Waals surface area contributed by atoms with Crippen LogP contribution in [-0.4, -0.2) is 40.2 Å². The maximum atomic E-state index is 13.7. The smallest absolute Gasteiger partial charge is 0.198 e. The molecule has 1 fully saturated rings. The van der Waals surface area contributed by atoms with Crippen LogP contribution in [-0.2, 0) is 12.0 Å². The first-order valence-corrected chi connectivity index (χ1v) is 11.1. The van der Waals surface area contributed by atoms with Crippen LogP contribution >= 0.6 is 0 Å². The second-order valence-electron chi connectivity index (χ2n) is 9.38. The van der Waals surface area contributed by atoms with Gasteiger partial charge in [0.2, 0.25) is 0 Å². The first-order valence-electron chi connectivity index (χ1n) is 11.1. The van der Waals surface area contributed by atoms with E-state index in [-0.39, 0.29) is 22.8 Å². The third-order valence-corrected chi connectivity index (χ3v) is 7.27. The van der Waals surface area contributed by atoms with Gasteiger partial charge in [0.1, 0.15) is 11.4 Å². The molecule has 0 radical (unpaired) electrons. The van der Waals surface area contributed by atoms with Crippen LogP contribution < -0.4 is 10.7 Å². The molecule has 0 unspecified atom stereocenters. The van der Waals surface area contributed by atoms with E-state index in [0.29, 0.717) is 17.6 Å². The van der Waals surface area contributed by atoms with E-state index in [1.807, 2.05) is 49.3 Å². The molecule has 4 heterocycles. The van der Waals surface area contributed by atoms with Crippen molar-refractivity contribution < 1.29 is 5.11 Å². The Hall–Kier alpha value is -3.22. The summed E-state index contributed by atoms with van der Waals surface area (Å²) in [6.45, 7) is 5.50. The van der Waals surface area contributed by atoms with Gasteiger partial charge in [0.15, 0.2) is 5.43 Å². The number of para-hydroxylation sites is 1. The fourth-order valence-electron chi connectivity index (χ4n) is 5.97. The van der Waals surface area contributed by atoms with E-state index in [9.17, 15) is 9.90 Å². The lowest BCUT2D eigenvalue weighted by Gasteiger charge is -2.29. The van der Waals surface area contributed by atoms with E-state index in [1.165, 1.54) is 5.56 Å². The summed E-state index contributed by atoms with van der Waals surface area (Å²) in [7, 11) is 3.92. The Morgan fingerprint density at radius 3 is 2.91 bits per heavy atom. The summed E-state index contributed by atoms with van der Waals surface area (Å²) in [4.78, 5) is 20.7. The molecule has 1 saturated heterocycles. The predicted octanol–water partition coefficient (Wildman–Crippen LogP) is 3.79. The van der Waals surface area contributed by atoms with Gasteiger partial charge in [0.25, 0.3) is 0 Å². The zero-order valence-corrected chi connectivity index (χ0v) is 18.4. The minimum Gasteiger partial charge on any atom is -0.508 e. The first-order chi connectivity index (χ1) is 15.5. The number of nitrogens with zero attached hydrogens (tertiary/aromatic N) is 3. The Morgan fingerprint density at radius 1 is 1.28 bits per heavy atom. The van der Waals surface area contributed by atoms with Crippen molar-refractivity contribution in [3.05, 3.63) is 70.4 Å². The van der Waals surface area contributed by atoms with Gasteiger partial charge in [-0.25, -0.2) is 4.98 Å². The summed E-state index contributed by atoms with van der Waals surface area (Å²) in [5.74, 6) is 0.225. The van der Waals surface area contributed by atoms with Crippen molar-refractivity contribution in [3.8, 4) is 5.75 Å². The number of rotatable bonds is 4. The molecular weight excluding hydrogens is 400 g/mol. The molecule has 32 heavy (non-hydrogen) atoms. The molecule has 2 aliphatic rings. The van der Waals surface area contributed by atoms with Gasteiger partial charge in [0.05, 0.1) is 22.6 Å². The summed E-state index contributed by atoms with van der Waals surface area (Å²) in [6, 6.07) is 11.5. The molecule has 4 aromatic rings. The zero-order valence-electron chi connectivity index (χ0n) is 18.4. The van der Waals surface area contributed by atoms with Crippen molar-refractivity contribution in [2.75, 3.05) is 20.6 Å². The standard InChI is InChI=1S/C26H26N4O2/c1-4-10-26-11-12-27-25(26)30-22-15(6-5-7-19(22)26)23(32)17-13-16-18(14-29(2)3)21(31)9-8-20(16)28-24(17)30/h4-9,13,25,27,31H,1,10-12,14H2,2-3H3/t25-,26+/m1/s1. The van der Waals surface area contributed by atoms with E-state index >= 15 is 0 Å². The second kappa shape index (κ2) is 6.64. The lowest BCUT2D eigenvalue weighted by molar-refractivity contribution is 0.330. The number of fused-ring (bicyclic) bond motifs is 6. The average Bonchev–Trinajstić information content (AvgIpc) is 3.29. The minimum atomic E-state index is -0.114. The highest BCUT2D eigenvalue weighted by molar-refractivity contribution is 6.01. The van der Waals surface area contributed by atoms with E-state index in [1.54, 1.807) is 6.07 Å². The van der Waals surface area contributed by atoms with Crippen LogP contribution in [0.15, 0.2) is 53.8 Å². The van der Waals surface area contributed by atoms with Crippen LogP contribution in [0.4, 0.5) is 0 Å². The first kappa shape index (κ1) is 19.5. The molecule has 6 rings (SSSR count). The number of aromatic nitrogens is 2. The van der Waals surface area contributed by atoms with E-state index in [0.717, 1.165) is 46.8 Å². The largest absolute Gasteiger partial charge is 0.508 e. The van der Waals surface area contributed by atoms with Gasteiger partial charge in [-0.15, -0.1) is 6.58 Å². The molecule has 0 spiro atoms. The molecule has 2 N–H and O–H groups in total. The number of phenols is 1. The molecule has 0 aliphatic carbocycles. The Kier molecular flexibility index (Phi) is 4.04.